The zero-order valence-electron chi connectivity index (χ0n) is 8.26. The van der Waals surface area contributed by atoms with Crippen molar-refractivity contribution < 1.29 is 4.39 Å². The van der Waals surface area contributed by atoms with E-state index in [1.807, 2.05) is 6.92 Å². The van der Waals surface area contributed by atoms with E-state index in [1.54, 1.807) is 18.2 Å². The molecule has 0 spiro atoms. The standard InChI is InChI=1S/C11H15FN2/c1-8(2)7-11(14-13)9-5-3-4-6-10(9)12/h3-6,11,14H,1,7,13H2,2H3. The van der Waals surface area contributed by atoms with Gasteiger partial charge in [-0.15, -0.1) is 6.58 Å². The van der Waals surface area contributed by atoms with E-state index in [0.29, 0.717) is 12.0 Å². The van der Waals surface area contributed by atoms with Gasteiger partial charge in [-0.1, -0.05) is 23.8 Å². The lowest BCUT2D eigenvalue weighted by atomic mass is 10.0. The minimum absolute atomic E-state index is 0.200. The number of hydrogen-bond donors (Lipinski definition) is 2. The summed E-state index contributed by atoms with van der Waals surface area (Å²) in [6.07, 6.45) is 0.636. The molecule has 0 amide bonds. The molecule has 0 aliphatic rings. The lowest BCUT2D eigenvalue weighted by molar-refractivity contribution is 0.509. The summed E-state index contributed by atoms with van der Waals surface area (Å²) in [5, 5.41) is 0. The van der Waals surface area contributed by atoms with E-state index in [0.717, 1.165) is 5.57 Å². The van der Waals surface area contributed by atoms with Gasteiger partial charge in [-0.3, -0.25) is 11.3 Å². The Labute approximate surface area is 83.6 Å². The van der Waals surface area contributed by atoms with E-state index in [9.17, 15) is 4.39 Å². The molecule has 1 aromatic rings. The highest BCUT2D eigenvalue weighted by molar-refractivity contribution is 5.22. The highest BCUT2D eigenvalue weighted by Gasteiger charge is 2.13. The Kier molecular flexibility index (Phi) is 3.80. The molecule has 76 valence electrons. The first-order valence-electron chi connectivity index (χ1n) is 4.50. The number of hydrazine groups is 1. The minimum atomic E-state index is -0.239. The molecule has 1 atom stereocenters. The lowest BCUT2D eigenvalue weighted by Gasteiger charge is -2.16. The van der Waals surface area contributed by atoms with Crippen LogP contribution in [0, 0.1) is 5.82 Å². The Morgan fingerprint density at radius 3 is 2.71 bits per heavy atom. The van der Waals surface area contributed by atoms with Crippen molar-refractivity contribution >= 4 is 0 Å². The molecule has 3 N–H and O–H groups in total. The van der Waals surface area contributed by atoms with Gasteiger partial charge < -0.3 is 0 Å². The smallest absolute Gasteiger partial charge is 0.128 e. The maximum Gasteiger partial charge on any atom is 0.128 e. The molecule has 14 heavy (non-hydrogen) atoms. The van der Waals surface area contributed by atoms with Crippen molar-refractivity contribution in [2.45, 2.75) is 19.4 Å². The third-order valence-corrected chi connectivity index (χ3v) is 2.03. The Bertz CT molecular complexity index is 323. The van der Waals surface area contributed by atoms with Crippen LogP contribution in [0.2, 0.25) is 0 Å². The first-order chi connectivity index (χ1) is 6.65. The predicted molar refractivity (Wildman–Crippen MR) is 55.9 cm³/mol. The highest BCUT2D eigenvalue weighted by atomic mass is 19.1. The largest absolute Gasteiger partial charge is 0.271 e. The van der Waals surface area contributed by atoms with Crippen molar-refractivity contribution in [2.75, 3.05) is 0 Å². The fourth-order valence-corrected chi connectivity index (χ4v) is 1.36. The van der Waals surface area contributed by atoms with Crippen molar-refractivity contribution in [3.05, 3.63) is 47.8 Å². The van der Waals surface area contributed by atoms with Crippen LogP contribution in [0.4, 0.5) is 4.39 Å². The Balaban J connectivity index is 2.89. The SMILES string of the molecule is C=C(C)CC(NN)c1ccccc1F. The van der Waals surface area contributed by atoms with Gasteiger partial charge in [-0.05, 0) is 19.4 Å². The van der Waals surface area contributed by atoms with Crippen LogP contribution in [0.15, 0.2) is 36.4 Å². The summed E-state index contributed by atoms with van der Waals surface area (Å²) >= 11 is 0. The van der Waals surface area contributed by atoms with E-state index >= 15 is 0 Å². The molecule has 0 bridgehead atoms. The molecule has 0 radical (unpaired) electrons. The lowest BCUT2D eigenvalue weighted by Crippen LogP contribution is -2.28. The van der Waals surface area contributed by atoms with Crippen LogP contribution in [0.1, 0.15) is 24.9 Å². The predicted octanol–water partition coefficient (Wildman–Crippen LogP) is 2.30. The molecule has 1 rings (SSSR count). The summed E-state index contributed by atoms with van der Waals surface area (Å²) in [7, 11) is 0. The van der Waals surface area contributed by atoms with Gasteiger partial charge in [0.15, 0.2) is 0 Å². The van der Waals surface area contributed by atoms with E-state index in [-0.39, 0.29) is 11.9 Å². The van der Waals surface area contributed by atoms with Gasteiger partial charge in [0, 0.05) is 5.56 Å². The highest BCUT2D eigenvalue weighted by Crippen LogP contribution is 2.21. The topological polar surface area (TPSA) is 38.0 Å². The Hall–Kier alpha value is -1.19. The third-order valence-electron chi connectivity index (χ3n) is 2.03. The molecule has 1 unspecified atom stereocenters. The van der Waals surface area contributed by atoms with Crippen molar-refractivity contribution in [2.24, 2.45) is 5.84 Å². The van der Waals surface area contributed by atoms with Gasteiger partial charge >= 0.3 is 0 Å². The molecular weight excluding hydrogens is 179 g/mol. The van der Waals surface area contributed by atoms with E-state index in [2.05, 4.69) is 12.0 Å². The van der Waals surface area contributed by atoms with Crippen LogP contribution in [-0.4, -0.2) is 0 Å². The number of nitrogens with two attached hydrogens (primary N) is 1. The molecule has 0 heterocycles. The Morgan fingerprint density at radius 2 is 2.21 bits per heavy atom. The fraction of sp³-hybridized carbons (Fsp3) is 0.273. The fourth-order valence-electron chi connectivity index (χ4n) is 1.36. The van der Waals surface area contributed by atoms with Crippen LogP contribution < -0.4 is 11.3 Å². The minimum Gasteiger partial charge on any atom is -0.271 e. The number of benzene rings is 1. The maximum absolute atomic E-state index is 13.4. The summed E-state index contributed by atoms with van der Waals surface area (Å²) < 4.78 is 13.4. The monoisotopic (exact) mass is 194 g/mol. The summed E-state index contributed by atoms with van der Waals surface area (Å²) in [6, 6.07) is 6.41. The number of nitrogens with one attached hydrogen (secondary N) is 1. The van der Waals surface area contributed by atoms with Crippen LogP contribution in [0.5, 0.6) is 0 Å². The molecule has 0 aliphatic carbocycles. The summed E-state index contributed by atoms with van der Waals surface area (Å²) in [5.41, 5.74) is 4.14. The molecule has 1 aromatic carbocycles. The molecule has 3 heteroatoms. The molecule has 0 saturated carbocycles. The molecular formula is C11H15FN2. The van der Waals surface area contributed by atoms with Crippen molar-refractivity contribution in [3.63, 3.8) is 0 Å². The van der Waals surface area contributed by atoms with Crippen molar-refractivity contribution in [1.29, 1.82) is 0 Å². The van der Waals surface area contributed by atoms with Crippen LogP contribution >= 0.6 is 0 Å². The van der Waals surface area contributed by atoms with Gasteiger partial charge in [0.1, 0.15) is 5.82 Å². The van der Waals surface area contributed by atoms with Gasteiger partial charge in [0.2, 0.25) is 0 Å². The second-order valence-corrected chi connectivity index (χ2v) is 3.40. The molecule has 0 aliphatic heterocycles. The first-order valence-corrected chi connectivity index (χ1v) is 4.50. The average Bonchev–Trinajstić information content (AvgIpc) is 2.15. The second-order valence-electron chi connectivity index (χ2n) is 3.40. The van der Waals surface area contributed by atoms with Crippen LogP contribution in [0.25, 0.3) is 0 Å². The average molecular weight is 194 g/mol. The van der Waals surface area contributed by atoms with Crippen LogP contribution in [-0.2, 0) is 0 Å². The number of rotatable bonds is 4. The number of halogens is 1. The van der Waals surface area contributed by atoms with Gasteiger partial charge in [-0.2, -0.15) is 0 Å². The first kappa shape index (κ1) is 10.9. The van der Waals surface area contributed by atoms with E-state index in [1.165, 1.54) is 6.07 Å². The van der Waals surface area contributed by atoms with E-state index in [4.69, 9.17) is 5.84 Å². The summed E-state index contributed by atoms with van der Waals surface area (Å²) in [4.78, 5) is 0. The summed E-state index contributed by atoms with van der Waals surface area (Å²) in [6.45, 7) is 5.67. The van der Waals surface area contributed by atoms with Crippen LogP contribution in [0.3, 0.4) is 0 Å². The quantitative estimate of drug-likeness (QED) is 0.438. The Morgan fingerprint density at radius 1 is 1.57 bits per heavy atom. The second kappa shape index (κ2) is 4.88. The van der Waals surface area contributed by atoms with Crippen molar-refractivity contribution in [1.82, 2.24) is 5.43 Å². The van der Waals surface area contributed by atoms with Gasteiger partial charge in [0.05, 0.1) is 6.04 Å². The molecule has 0 fully saturated rings. The summed E-state index contributed by atoms with van der Waals surface area (Å²) in [5.74, 6) is 5.13. The van der Waals surface area contributed by atoms with Gasteiger partial charge in [0.25, 0.3) is 0 Å². The zero-order valence-corrected chi connectivity index (χ0v) is 8.26. The van der Waals surface area contributed by atoms with E-state index < -0.39 is 0 Å². The zero-order chi connectivity index (χ0) is 10.6. The molecule has 0 saturated heterocycles. The third kappa shape index (κ3) is 2.65. The maximum atomic E-state index is 13.4. The molecule has 0 aromatic heterocycles. The normalized spacial score (nSPS) is 12.5. The molecule has 2 nitrogen and oxygen atoms in total. The van der Waals surface area contributed by atoms with Gasteiger partial charge in [-0.25, -0.2) is 4.39 Å². The number of hydrogen-bond acceptors (Lipinski definition) is 2. The van der Waals surface area contributed by atoms with Crippen molar-refractivity contribution in [3.8, 4) is 0 Å².